The van der Waals surface area contributed by atoms with Gasteiger partial charge in [-0.1, -0.05) is 19.1 Å². The fourth-order valence-corrected chi connectivity index (χ4v) is 1.58. The summed E-state index contributed by atoms with van der Waals surface area (Å²) in [6.45, 7) is 6.74. The van der Waals surface area contributed by atoms with Crippen LogP contribution in [0.2, 0.25) is 0 Å². The van der Waals surface area contributed by atoms with E-state index in [4.69, 9.17) is 10.2 Å². The van der Waals surface area contributed by atoms with Crippen molar-refractivity contribution in [3.05, 3.63) is 11.4 Å². The fourth-order valence-electron chi connectivity index (χ4n) is 1.58. The van der Waals surface area contributed by atoms with Crippen LogP contribution in [0.3, 0.4) is 0 Å². The van der Waals surface area contributed by atoms with E-state index in [1.54, 1.807) is 0 Å². The lowest BCUT2D eigenvalue weighted by Gasteiger charge is -2.22. The average molecular weight is 255 g/mol. The van der Waals surface area contributed by atoms with E-state index < -0.39 is 17.5 Å². The van der Waals surface area contributed by atoms with E-state index in [9.17, 15) is 9.59 Å². The first-order valence-electron chi connectivity index (χ1n) is 5.59. The van der Waals surface area contributed by atoms with E-state index in [1.807, 2.05) is 13.8 Å². The molecule has 0 aromatic carbocycles. The summed E-state index contributed by atoms with van der Waals surface area (Å²) in [6, 6.07) is 0. The van der Waals surface area contributed by atoms with Crippen molar-refractivity contribution in [1.29, 1.82) is 0 Å². The van der Waals surface area contributed by atoms with Crippen LogP contribution in [0, 0.1) is 5.92 Å². The minimum absolute atomic E-state index is 0.171. The average Bonchev–Trinajstić information content (AvgIpc) is 2.60. The molecule has 100 valence electrons. The Balaban J connectivity index is 3.37. The molecule has 2 N–H and O–H groups in total. The van der Waals surface area contributed by atoms with Crippen molar-refractivity contribution in [3.8, 4) is 0 Å². The molecule has 0 radical (unpaired) electrons. The van der Waals surface area contributed by atoms with Crippen molar-refractivity contribution in [2.24, 2.45) is 5.92 Å². The molecule has 0 saturated carbocycles. The van der Waals surface area contributed by atoms with Gasteiger partial charge in [-0.2, -0.15) is 0 Å². The van der Waals surface area contributed by atoms with Gasteiger partial charge in [-0.3, -0.25) is 0 Å². The maximum absolute atomic E-state index is 11.2. The Bertz CT molecular complexity index is 477. The highest BCUT2D eigenvalue weighted by molar-refractivity contribution is 5.86. The van der Waals surface area contributed by atoms with Gasteiger partial charge in [-0.05, 0) is 26.2 Å². The van der Waals surface area contributed by atoms with Gasteiger partial charge in [0.1, 0.15) is 0 Å². The van der Waals surface area contributed by atoms with Gasteiger partial charge in [0.05, 0.1) is 5.69 Å². The number of hydrogen-bond donors (Lipinski definition) is 2. The largest absolute Gasteiger partial charge is 0.479 e. The van der Waals surface area contributed by atoms with Gasteiger partial charge >= 0.3 is 11.9 Å². The Kier molecular flexibility index (Phi) is 3.73. The summed E-state index contributed by atoms with van der Waals surface area (Å²) in [7, 11) is 0. The molecule has 0 amide bonds. The van der Waals surface area contributed by atoms with E-state index >= 15 is 0 Å². The third kappa shape index (κ3) is 2.49. The van der Waals surface area contributed by atoms with E-state index in [2.05, 4.69) is 10.3 Å². The molecule has 0 saturated heterocycles. The lowest BCUT2D eigenvalue weighted by atomic mass is 10.0. The Hall–Kier alpha value is -1.92. The Morgan fingerprint density at radius 2 is 1.89 bits per heavy atom. The summed E-state index contributed by atoms with van der Waals surface area (Å²) >= 11 is 0. The third-order valence-electron chi connectivity index (χ3n) is 2.62. The van der Waals surface area contributed by atoms with Crippen molar-refractivity contribution >= 4 is 11.9 Å². The van der Waals surface area contributed by atoms with Crippen LogP contribution in [-0.4, -0.2) is 37.1 Å². The molecule has 0 spiro atoms. The van der Waals surface area contributed by atoms with E-state index in [0.29, 0.717) is 12.1 Å². The second kappa shape index (κ2) is 4.75. The van der Waals surface area contributed by atoms with Crippen LogP contribution < -0.4 is 0 Å². The molecule has 1 heterocycles. The highest BCUT2D eigenvalue weighted by Gasteiger charge is 2.35. The molecule has 0 aliphatic heterocycles. The summed E-state index contributed by atoms with van der Waals surface area (Å²) in [5.41, 5.74) is -1.17. The van der Waals surface area contributed by atoms with E-state index in [0.717, 1.165) is 0 Å². The van der Waals surface area contributed by atoms with E-state index in [1.165, 1.54) is 18.5 Å². The van der Waals surface area contributed by atoms with Crippen LogP contribution in [0.1, 0.15) is 43.9 Å². The second-order valence-electron chi connectivity index (χ2n) is 5.06. The van der Waals surface area contributed by atoms with Crippen molar-refractivity contribution in [2.45, 2.75) is 39.7 Å². The van der Waals surface area contributed by atoms with Crippen LogP contribution in [0.5, 0.6) is 0 Å². The smallest absolute Gasteiger partial charge is 0.358 e. The van der Waals surface area contributed by atoms with Crippen molar-refractivity contribution in [2.75, 3.05) is 0 Å². The molecule has 1 aromatic heterocycles. The molecule has 7 heteroatoms. The van der Waals surface area contributed by atoms with Gasteiger partial charge < -0.3 is 10.2 Å². The molecule has 18 heavy (non-hydrogen) atoms. The molecule has 0 fully saturated rings. The highest BCUT2D eigenvalue weighted by Crippen LogP contribution is 2.21. The van der Waals surface area contributed by atoms with Crippen LogP contribution in [-0.2, 0) is 16.8 Å². The molecule has 0 bridgehead atoms. The predicted molar refractivity (Wildman–Crippen MR) is 62.5 cm³/mol. The Morgan fingerprint density at radius 3 is 2.28 bits per heavy atom. The molecule has 1 aromatic rings. The summed E-state index contributed by atoms with van der Waals surface area (Å²) in [4.78, 5) is 22.3. The number of hydrogen-bond acceptors (Lipinski definition) is 4. The summed E-state index contributed by atoms with van der Waals surface area (Å²) in [5.74, 6) is -2.11. The van der Waals surface area contributed by atoms with Gasteiger partial charge in [-0.25, -0.2) is 14.3 Å². The number of carboxylic acid groups (broad SMARTS) is 2. The maximum Gasteiger partial charge on any atom is 0.358 e. The standard InChI is InChI=1S/C11H17N3O4/c1-6(2)5-7-8(9(15)16)12-13-14(7)11(3,4)10(17)18/h6H,5H2,1-4H3,(H,15,16)(H,17,18). The van der Waals surface area contributed by atoms with Gasteiger partial charge in [0.15, 0.2) is 11.2 Å². The molecule has 1 rings (SSSR count). The number of carboxylic acids is 2. The number of aromatic carboxylic acids is 1. The van der Waals surface area contributed by atoms with Crippen LogP contribution >= 0.6 is 0 Å². The molecule has 0 unspecified atom stereocenters. The summed E-state index contributed by atoms with van der Waals surface area (Å²) in [6.07, 6.45) is 0.408. The maximum atomic E-state index is 11.2. The first kappa shape index (κ1) is 14.1. The number of aliphatic carboxylic acids is 1. The quantitative estimate of drug-likeness (QED) is 0.812. The predicted octanol–water partition coefficient (Wildman–Crippen LogP) is 0.995. The Labute approximate surface area is 104 Å². The monoisotopic (exact) mass is 255 g/mol. The first-order valence-corrected chi connectivity index (χ1v) is 5.59. The zero-order chi connectivity index (χ0) is 14.1. The second-order valence-corrected chi connectivity index (χ2v) is 5.06. The zero-order valence-corrected chi connectivity index (χ0v) is 10.8. The Morgan fingerprint density at radius 1 is 1.33 bits per heavy atom. The highest BCUT2D eigenvalue weighted by atomic mass is 16.4. The fraction of sp³-hybridized carbons (Fsp3) is 0.636. The van der Waals surface area contributed by atoms with Gasteiger partial charge in [0.25, 0.3) is 0 Å². The van der Waals surface area contributed by atoms with Crippen LogP contribution in [0.15, 0.2) is 0 Å². The van der Waals surface area contributed by atoms with Gasteiger partial charge in [0, 0.05) is 0 Å². The first-order chi connectivity index (χ1) is 8.17. The zero-order valence-electron chi connectivity index (χ0n) is 10.8. The summed E-state index contributed by atoms with van der Waals surface area (Å²) < 4.78 is 1.18. The number of carbonyl (C=O) groups is 2. The van der Waals surface area contributed by atoms with Gasteiger partial charge in [-0.15, -0.1) is 5.10 Å². The number of rotatable bonds is 5. The molecule has 7 nitrogen and oxygen atoms in total. The van der Waals surface area contributed by atoms with Crippen LogP contribution in [0.25, 0.3) is 0 Å². The minimum Gasteiger partial charge on any atom is -0.479 e. The number of aromatic nitrogens is 3. The van der Waals surface area contributed by atoms with Crippen molar-refractivity contribution < 1.29 is 19.8 Å². The van der Waals surface area contributed by atoms with Gasteiger partial charge in [0.2, 0.25) is 0 Å². The molecule has 0 aliphatic carbocycles. The topological polar surface area (TPSA) is 105 Å². The molecule has 0 aliphatic rings. The summed E-state index contributed by atoms with van der Waals surface area (Å²) in [5, 5.41) is 25.5. The lowest BCUT2D eigenvalue weighted by Crippen LogP contribution is -2.38. The SMILES string of the molecule is CC(C)Cc1c(C(=O)O)nnn1C(C)(C)C(=O)O. The molecular formula is C11H17N3O4. The van der Waals surface area contributed by atoms with Crippen LogP contribution in [0.4, 0.5) is 0 Å². The molecule has 0 atom stereocenters. The number of nitrogens with zero attached hydrogens (tertiary/aromatic N) is 3. The minimum atomic E-state index is -1.33. The van der Waals surface area contributed by atoms with Crippen molar-refractivity contribution in [3.63, 3.8) is 0 Å². The third-order valence-corrected chi connectivity index (χ3v) is 2.62. The normalized spacial score (nSPS) is 11.8. The van der Waals surface area contributed by atoms with E-state index in [-0.39, 0.29) is 11.6 Å². The molecular weight excluding hydrogens is 238 g/mol. The lowest BCUT2D eigenvalue weighted by molar-refractivity contribution is -0.146. The van der Waals surface area contributed by atoms with Crippen molar-refractivity contribution in [1.82, 2.24) is 15.0 Å².